The molecule has 0 saturated carbocycles. The molecule has 2 fully saturated rings. The summed E-state index contributed by atoms with van der Waals surface area (Å²) in [5.41, 5.74) is 0.639. The molecule has 2 atom stereocenters. The van der Waals surface area contributed by atoms with E-state index in [0.29, 0.717) is 24.4 Å². The van der Waals surface area contributed by atoms with Gasteiger partial charge in [0.05, 0.1) is 12.8 Å². The number of aromatic nitrogens is 3. The summed E-state index contributed by atoms with van der Waals surface area (Å²) in [6.07, 6.45) is 12.6. The number of aryl methyl sites for hydroxylation is 1. The molecular formula is C24H47N7O2. The average molecular weight is 466 g/mol. The van der Waals surface area contributed by atoms with Crippen LogP contribution in [0.5, 0.6) is 0 Å². The third kappa shape index (κ3) is 9.96. The normalized spacial score (nSPS) is 23.5. The van der Waals surface area contributed by atoms with Gasteiger partial charge in [-0.2, -0.15) is 0 Å². The molecule has 1 aromatic rings. The Morgan fingerprint density at radius 1 is 0.818 bits per heavy atom. The van der Waals surface area contributed by atoms with Gasteiger partial charge in [-0.3, -0.25) is 4.68 Å². The second kappa shape index (κ2) is 15.7. The summed E-state index contributed by atoms with van der Waals surface area (Å²) in [5, 5.41) is 33.7. The number of nitrogens with one attached hydrogen (secondary N) is 2. The minimum atomic E-state index is -0.0444. The van der Waals surface area contributed by atoms with Crippen LogP contribution in [0.2, 0.25) is 0 Å². The lowest BCUT2D eigenvalue weighted by molar-refractivity contribution is 0.233. The molecule has 0 aromatic carbocycles. The Kier molecular flexibility index (Phi) is 12.6. The molecule has 2 unspecified atom stereocenters. The van der Waals surface area contributed by atoms with Crippen molar-refractivity contribution in [2.75, 3.05) is 59.0 Å². The van der Waals surface area contributed by atoms with Crippen LogP contribution in [-0.4, -0.2) is 106 Å². The third-order valence-electron chi connectivity index (χ3n) is 7.08. The Hall–Kier alpha value is -1.10. The van der Waals surface area contributed by atoms with Gasteiger partial charge < -0.3 is 30.6 Å². The molecule has 0 radical (unpaired) electrons. The maximum absolute atomic E-state index is 9.12. The maximum Gasteiger partial charge on any atom is 0.108 e. The number of rotatable bonds is 14. The molecule has 9 nitrogen and oxygen atoms in total. The first kappa shape index (κ1) is 26.5. The molecule has 2 aliphatic heterocycles. The van der Waals surface area contributed by atoms with Crippen molar-refractivity contribution in [1.82, 2.24) is 35.4 Å². The van der Waals surface area contributed by atoms with E-state index >= 15 is 0 Å². The Labute approximate surface area is 199 Å². The summed E-state index contributed by atoms with van der Waals surface area (Å²) in [7, 11) is 0. The number of hydrogen-bond donors (Lipinski definition) is 4. The van der Waals surface area contributed by atoms with E-state index in [2.05, 4.69) is 30.7 Å². The molecule has 4 N–H and O–H groups in total. The lowest BCUT2D eigenvalue weighted by atomic mass is 10.0. The molecule has 3 heterocycles. The second-order valence-corrected chi connectivity index (χ2v) is 9.74. The summed E-state index contributed by atoms with van der Waals surface area (Å²) in [6.45, 7) is 10.2. The van der Waals surface area contributed by atoms with E-state index in [0.717, 1.165) is 58.7 Å². The van der Waals surface area contributed by atoms with Gasteiger partial charge in [-0.25, -0.2) is 0 Å². The van der Waals surface area contributed by atoms with Crippen molar-refractivity contribution in [3.63, 3.8) is 0 Å². The van der Waals surface area contributed by atoms with Gasteiger partial charge in [-0.1, -0.05) is 30.9 Å². The van der Waals surface area contributed by atoms with Crippen molar-refractivity contribution in [3.8, 4) is 0 Å². The van der Waals surface area contributed by atoms with Gasteiger partial charge in [0.1, 0.15) is 5.69 Å². The summed E-state index contributed by atoms with van der Waals surface area (Å²) >= 11 is 0. The molecule has 0 spiro atoms. The first-order chi connectivity index (χ1) is 16.3. The van der Waals surface area contributed by atoms with Gasteiger partial charge in [0.2, 0.25) is 0 Å². The molecule has 0 aliphatic carbocycles. The zero-order chi connectivity index (χ0) is 23.1. The van der Waals surface area contributed by atoms with E-state index in [1.807, 2.05) is 10.9 Å². The van der Waals surface area contributed by atoms with E-state index in [1.165, 1.54) is 58.0 Å². The number of hydrogen-bond acceptors (Lipinski definition) is 8. The van der Waals surface area contributed by atoms with Crippen molar-refractivity contribution in [3.05, 3.63) is 11.9 Å². The molecule has 3 rings (SSSR count). The predicted molar refractivity (Wildman–Crippen MR) is 131 cm³/mol. The van der Waals surface area contributed by atoms with Crippen molar-refractivity contribution in [1.29, 1.82) is 0 Å². The van der Waals surface area contributed by atoms with E-state index in [1.54, 1.807) is 0 Å². The summed E-state index contributed by atoms with van der Waals surface area (Å²) < 4.78 is 1.84. The van der Waals surface area contributed by atoms with Crippen molar-refractivity contribution in [2.24, 2.45) is 0 Å². The van der Waals surface area contributed by atoms with Crippen LogP contribution in [0, 0.1) is 0 Å². The Balaban J connectivity index is 1.33. The van der Waals surface area contributed by atoms with Crippen molar-refractivity contribution < 1.29 is 10.2 Å². The minimum absolute atomic E-state index is 0.0444. The molecule has 0 bridgehead atoms. The largest absolute Gasteiger partial charge is 0.396 e. The van der Waals surface area contributed by atoms with Crippen LogP contribution in [-0.2, 0) is 13.2 Å². The van der Waals surface area contributed by atoms with Gasteiger partial charge in [-0.15, -0.1) is 5.10 Å². The Morgan fingerprint density at radius 2 is 1.61 bits per heavy atom. The summed E-state index contributed by atoms with van der Waals surface area (Å²) in [5.74, 6) is 0. The summed E-state index contributed by atoms with van der Waals surface area (Å²) in [6, 6.07) is 1.07. The van der Waals surface area contributed by atoms with Gasteiger partial charge in [0, 0.05) is 44.9 Å². The quantitative estimate of drug-likeness (QED) is 0.300. The minimum Gasteiger partial charge on any atom is -0.396 e. The Bertz CT molecular complexity index is 630. The fraction of sp³-hybridized carbons (Fsp3) is 0.917. The topological polar surface area (TPSA) is 102 Å². The van der Waals surface area contributed by atoms with Crippen LogP contribution in [0.3, 0.4) is 0 Å². The maximum atomic E-state index is 9.12. The summed E-state index contributed by atoms with van der Waals surface area (Å²) in [4.78, 5) is 5.25. The predicted octanol–water partition coefficient (Wildman–Crippen LogP) is 0.821. The molecule has 190 valence electrons. The highest BCUT2D eigenvalue weighted by Crippen LogP contribution is 2.13. The number of aliphatic hydroxyl groups is 2. The highest BCUT2D eigenvalue weighted by atomic mass is 16.3. The van der Waals surface area contributed by atoms with Crippen LogP contribution >= 0.6 is 0 Å². The highest BCUT2D eigenvalue weighted by molar-refractivity contribution is 4.90. The molecule has 1 aromatic heterocycles. The van der Waals surface area contributed by atoms with E-state index in [-0.39, 0.29) is 6.61 Å². The first-order valence-electron chi connectivity index (χ1n) is 13.3. The number of unbranched alkanes of at least 4 members (excludes halogenated alkanes) is 5. The molecular weight excluding hydrogens is 418 g/mol. The average Bonchev–Trinajstić information content (AvgIpc) is 3.00. The smallest absolute Gasteiger partial charge is 0.108 e. The fourth-order valence-corrected chi connectivity index (χ4v) is 5.14. The number of nitrogens with zero attached hydrogens (tertiary/aromatic N) is 5. The van der Waals surface area contributed by atoms with Crippen molar-refractivity contribution in [2.45, 2.75) is 83.0 Å². The zero-order valence-electron chi connectivity index (χ0n) is 20.5. The Morgan fingerprint density at radius 3 is 2.42 bits per heavy atom. The standard InChI is InChI=1S/C24H47N7O2/c32-18-6-4-2-1-3-5-12-30-13-7-10-25-24(20-30)23-9-16-29(17-11-26-23)14-8-15-31-19-22(21-33)27-28-31/h19,23-26,32-33H,1-18,20-21H2. The highest BCUT2D eigenvalue weighted by Gasteiger charge is 2.27. The SMILES string of the molecule is OCCCCCCCCN1CCCNC(C2CCN(CCCn3cc(CO)nn3)CCN2)C1. The van der Waals surface area contributed by atoms with Gasteiger partial charge >= 0.3 is 0 Å². The third-order valence-corrected chi connectivity index (χ3v) is 7.08. The van der Waals surface area contributed by atoms with Gasteiger partial charge in [0.25, 0.3) is 0 Å². The molecule has 2 saturated heterocycles. The van der Waals surface area contributed by atoms with Crippen LogP contribution in [0.15, 0.2) is 6.20 Å². The lowest BCUT2D eigenvalue weighted by Crippen LogP contribution is -2.52. The molecule has 2 aliphatic rings. The van der Waals surface area contributed by atoms with Crippen LogP contribution < -0.4 is 10.6 Å². The molecule has 33 heavy (non-hydrogen) atoms. The van der Waals surface area contributed by atoms with Crippen molar-refractivity contribution >= 4 is 0 Å². The van der Waals surface area contributed by atoms with Gasteiger partial charge in [-0.05, 0) is 64.8 Å². The second-order valence-electron chi connectivity index (χ2n) is 9.74. The van der Waals surface area contributed by atoms with Gasteiger partial charge in [0.15, 0.2) is 0 Å². The molecule has 9 heteroatoms. The lowest BCUT2D eigenvalue weighted by Gasteiger charge is -2.30. The molecule has 0 amide bonds. The van der Waals surface area contributed by atoms with Crippen LogP contribution in [0.1, 0.15) is 63.5 Å². The number of aliphatic hydroxyl groups excluding tert-OH is 2. The van der Waals surface area contributed by atoms with E-state index in [9.17, 15) is 0 Å². The monoisotopic (exact) mass is 465 g/mol. The fourth-order valence-electron chi connectivity index (χ4n) is 5.14. The first-order valence-corrected chi connectivity index (χ1v) is 13.3. The van der Waals surface area contributed by atoms with Crippen LogP contribution in [0.4, 0.5) is 0 Å². The van der Waals surface area contributed by atoms with E-state index in [4.69, 9.17) is 10.2 Å². The van der Waals surface area contributed by atoms with E-state index < -0.39 is 0 Å². The zero-order valence-corrected chi connectivity index (χ0v) is 20.5. The van der Waals surface area contributed by atoms with Crippen LogP contribution in [0.25, 0.3) is 0 Å².